The zero-order valence-corrected chi connectivity index (χ0v) is 15.6. The SMILES string of the molecule is CC(=O)Nc1ccc(S(=O)(=O)CCC(=O)OCC(=O)c2cccs2)cc1. The van der Waals surface area contributed by atoms with Crippen molar-refractivity contribution in [2.45, 2.75) is 18.2 Å². The van der Waals surface area contributed by atoms with Gasteiger partial charge in [0.15, 0.2) is 16.4 Å². The normalized spacial score (nSPS) is 11.0. The summed E-state index contributed by atoms with van der Waals surface area (Å²) in [5.74, 6) is -1.78. The molecule has 7 nitrogen and oxygen atoms in total. The van der Waals surface area contributed by atoms with E-state index in [0.717, 1.165) is 0 Å². The zero-order chi connectivity index (χ0) is 19.2. The summed E-state index contributed by atoms with van der Waals surface area (Å²) >= 11 is 1.24. The van der Waals surface area contributed by atoms with E-state index in [4.69, 9.17) is 4.74 Å². The number of Topliss-reactive ketones (excluding diaryl/α,β-unsaturated/α-hetero) is 1. The number of amides is 1. The van der Waals surface area contributed by atoms with Gasteiger partial charge in [-0.15, -0.1) is 11.3 Å². The second-order valence-electron chi connectivity index (χ2n) is 5.34. The average Bonchev–Trinajstić information content (AvgIpc) is 3.12. The molecule has 1 aromatic carbocycles. The predicted octanol–water partition coefficient (Wildman–Crippen LogP) is 2.30. The summed E-state index contributed by atoms with van der Waals surface area (Å²) in [6, 6.07) is 8.97. The number of hydrogen-bond donors (Lipinski definition) is 1. The fourth-order valence-corrected chi connectivity index (χ4v) is 3.88. The minimum atomic E-state index is -3.68. The first-order valence-corrected chi connectivity index (χ1v) is 10.1. The fraction of sp³-hybridized carbons (Fsp3) is 0.235. The van der Waals surface area contributed by atoms with Gasteiger partial charge in [0.25, 0.3) is 0 Å². The number of sulfone groups is 1. The largest absolute Gasteiger partial charge is 0.457 e. The third kappa shape index (κ3) is 5.78. The number of ether oxygens (including phenoxy) is 1. The fourth-order valence-electron chi connectivity index (χ4n) is 2.01. The van der Waals surface area contributed by atoms with Crippen LogP contribution in [-0.2, 0) is 24.2 Å². The van der Waals surface area contributed by atoms with Gasteiger partial charge in [0.2, 0.25) is 11.7 Å². The van der Waals surface area contributed by atoms with Gasteiger partial charge in [0.1, 0.15) is 0 Å². The van der Waals surface area contributed by atoms with E-state index in [2.05, 4.69) is 5.32 Å². The van der Waals surface area contributed by atoms with Crippen molar-refractivity contribution in [3.63, 3.8) is 0 Å². The third-order valence-corrected chi connectivity index (χ3v) is 5.91. The number of hydrogen-bond acceptors (Lipinski definition) is 7. The highest BCUT2D eigenvalue weighted by molar-refractivity contribution is 7.91. The van der Waals surface area contributed by atoms with Crippen molar-refractivity contribution in [3.8, 4) is 0 Å². The summed E-state index contributed by atoms with van der Waals surface area (Å²) in [5.41, 5.74) is 0.475. The molecule has 0 atom stereocenters. The van der Waals surface area contributed by atoms with Crippen molar-refractivity contribution < 1.29 is 27.5 Å². The number of carbonyl (C=O) groups excluding carboxylic acids is 3. The number of esters is 1. The maximum absolute atomic E-state index is 12.2. The number of anilines is 1. The second kappa shape index (κ2) is 8.72. The first-order valence-electron chi connectivity index (χ1n) is 7.60. The molecule has 9 heteroatoms. The molecule has 1 heterocycles. The highest BCUT2D eigenvalue weighted by atomic mass is 32.2. The lowest BCUT2D eigenvalue weighted by molar-refractivity contribution is -0.142. The van der Waals surface area contributed by atoms with E-state index in [-0.39, 0.29) is 23.0 Å². The van der Waals surface area contributed by atoms with E-state index >= 15 is 0 Å². The lowest BCUT2D eigenvalue weighted by atomic mass is 10.3. The Morgan fingerprint density at radius 1 is 1.12 bits per heavy atom. The Balaban J connectivity index is 1.85. The quantitative estimate of drug-likeness (QED) is 0.543. The maximum atomic E-state index is 12.2. The molecule has 0 fully saturated rings. The Morgan fingerprint density at radius 2 is 1.81 bits per heavy atom. The standard InChI is InChI=1S/C17H17NO6S2/c1-12(19)18-13-4-6-14(7-5-13)26(22,23)10-8-17(21)24-11-15(20)16-3-2-9-25-16/h2-7,9H,8,10-11H2,1H3,(H,18,19). The third-order valence-electron chi connectivity index (χ3n) is 3.27. The zero-order valence-electron chi connectivity index (χ0n) is 13.9. The molecule has 0 spiro atoms. The van der Waals surface area contributed by atoms with Gasteiger partial charge >= 0.3 is 5.97 Å². The van der Waals surface area contributed by atoms with Crippen molar-refractivity contribution in [1.82, 2.24) is 0 Å². The lowest BCUT2D eigenvalue weighted by Crippen LogP contribution is -2.17. The Bertz CT molecular complexity index is 886. The Morgan fingerprint density at radius 3 is 2.38 bits per heavy atom. The minimum Gasteiger partial charge on any atom is -0.457 e. The monoisotopic (exact) mass is 395 g/mol. The smallest absolute Gasteiger partial charge is 0.307 e. The molecule has 0 aliphatic carbocycles. The van der Waals surface area contributed by atoms with Gasteiger partial charge in [-0.05, 0) is 35.7 Å². The molecule has 0 unspecified atom stereocenters. The highest BCUT2D eigenvalue weighted by Gasteiger charge is 2.18. The van der Waals surface area contributed by atoms with E-state index in [1.54, 1.807) is 17.5 Å². The van der Waals surface area contributed by atoms with Gasteiger partial charge in [-0.3, -0.25) is 14.4 Å². The molecule has 2 rings (SSSR count). The number of thiophene rings is 1. The number of ketones is 1. The van der Waals surface area contributed by atoms with Gasteiger partial charge in [-0.1, -0.05) is 6.07 Å². The van der Waals surface area contributed by atoms with Gasteiger partial charge in [-0.2, -0.15) is 0 Å². The van der Waals surface area contributed by atoms with Crippen LogP contribution in [0.2, 0.25) is 0 Å². The molecule has 1 N–H and O–H groups in total. The van der Waals surface area contributed by atoms with E-state index < -0.39 is 28.2 Å². The molecule has 26 heavy (non-hydrogen) atoms. The highest BCUT2D eigenvalue weighted by Crippen LogP contribution is 2.16. The van der Waals surface area contributed by atoms with Crippen LogP contribution in [0.1, 0.15) is 23.0 Å². The predicted molar refractivity (Wildman–Crippen MR) is 97.0 cm³/mol. The molecule has 0 saturated heterocycles. The Hall–Kier alpha value is -2.52. The average molecular weight is 395 g/mol. The summed E-state index contributed by atoms with van der Waals surface area (Å²) in [5, 5.41) is 4.27. The summed E-state index contributed by atoms with van der Waals surface area (Å²) in [7, 11) is -3.68. The van der Waals surface area contributed by atoms with Crippen molar-refractivity contribution in [2.75, 3.05) is 17.7 Å². The van der Waals surface area contributed by atoms with Crippen molar-refractivity contribution in [1.29, 1.82) is 0 Å². The summed E-state index contributed by atoms with van der Waals surface area (Å²) in [6.45, 7) is 0.935. The molecular weight excluding hydrogens is 378 g/mol. The molecule has 0 aliphatic heterocycles. The Labute approximate surface area is 154 Å². The van der Waals surface area contributed by atoms with Crippen LogP contribution in [0.3, 0.4) is 0 Å². The van der Waals surface area contributed by atoms with E-state index in [9.17, 15) is 22.8 Å². The van der Waals surface area contributed by atoms with Crippen molar-refractivity contribution >= 4 is 44.5 Å². The molecule has 1 amide bonds. The van der Waals surface area contributed by atoms with Crippen LogP contribution in [-0.4, -0.2) is 38.4 Å². The van der Waals surface area contributed by atoms with Crippen LogP contribution in [0.5, 0.6) is 0 Å². The van der Waals surface area contributed by atoms with E-state index in [0.29, 0.717) is 10.6 Å². The van der Waals surface area contributed by atoms with E-state index in [1.165, 1.54) is 42.5 Å². The molecule has 1 aromatic heterocycles. The number of rotatable bonds is 8. The summed E-state index contributed by atoms with van der Waals surface area (Å²) in [4.78, 5) is 34.9. The number of benzene rings is 1. The van der Waals surface area contributed by atoms with Crippen LogP contribution in [0.25, 0.3) is 0 Å². The van der Waals surface area contributed by atoms with Crippen LogP contribution >= 0.6 is 11.3 Å². The molecule has 0 bridgehead atoms. The van der Waals surface area contributed by atoms with Crippen LogP contribution in [0.4, 0.5) is 5.69 Å². The lowest BCUT2D eigenvalue weighted by Gasteiger charge is -2.07. The minimum absolute atomic E-state index is 0.0362. The number of nitrogens with one attached hydrogen (secondary N) is 1. The van der Waals surface area contributed by atoms with Gasteiger partial charge < -0.3 is 10.1 Å². The van der Waals surface area contributed by atoms with Crippen LogP contribution in [0, 0.1) is 0 Å². The molecule has 0 aliphatic rings. The Kier molecular flexibility index (Phi) is 6.64. The van der Waals surface area contributed by atoms with Gasteiger partial charge in [0.05, 0.1) is 21.9 Å². The van der Waals surface area contributed by atoms with E-state index in [1.807, 2.05) is 0 Å². The first-order chi connectivity index (χ1) is 12.3. The second-order valence-corrected chi connectivity index (χ2v) is 8.39. The molecular formula is C17H17NO6S2. The van der Waals surface area contributed by atoms with Crippen LogP contribution in [0.15, 0.2) is 46.7 Å². The molecule has 0 radical (unpaired) electrons. The first kappa shape index (κ1) is 19.8. The topological polar surface area (TPSA) is 107 Å². The van der Waals surface area contributed by atoms with Crippen LogP contribution < -0.4 is 5.32 Å². The summed E-state index contributed by atoms with van der Waals surface area (Å²) < 4.78 is 29.3. The van der Waals surface area contributed by atoms with Crippen molar-refractivity contribution in [2.24, 2.45) is 0 Å². The molecule has 0 saturated carbocycles. The van der Waals surface area contributed by atoms with Gasteiger partial charge in [0, 0.05) is 12.6 Å². The molecule has 138 valence electrons. The molecule has 2 aromatic rings. The maximum Gasteiger partial charge on any atom is 0.307 e. The summed E-state index contributed by atoms with van der Waals surface area (Å²) in [6.07, 6.45) is -0.354. The van der Waals surface area contributed by atoms with Crippen molar-refractivity contribution in [3.05, 3.63) is 46.7 Å². The number of carbonyl (C=O) groups is 3. The van der Waals surface area contributed by atoms with Gasteiger partial charge in [-0.25, -0.2) is 8.42 Å².